The van der Waals surface area contributed by atoms with Gasteiger partial charge in [-0.25, -0.2) is 0 Å². The number of hydrogen-bond donors (Lipinski definition) is 0. The molecule has 152 valence electrons. The van der Waals surface area contributed by atoms with E-state index >= 15 is 0 Å². The molecule has 0 nitrogen and oxygen atoms in total. The van der Waals surface area contributed by atoms with Gasteiger partial charge in [0.15, 0.2) is 0 Å². The van der Waals surface area contributed by atoms with Crippen LogP contribution in [0.5, 0.6) is 0 Å². The molecular formula is C28H19F3. The molecule has 5 aromatic carbocycles. The third kappa shape index (κ3) is 3.36. The molecule has 0 aliphatic rings. The summed E-state index contributed by atoms with van der Waals surface area (Å²) in [7, 11) is 0. The quantitative estimate of drug-likeness (QED) is 0.255. The molecule has 0 saturated heterocycles. The summed E-state index contributed by atoms with van der Waals surface area (Å²) in [6.07, 6.45) is -4.35. The second-order valence-electron chi connectivity index (χ2n) is 7.78. The molecule has 5 aromatic rings. The summed E-state index contributed by atoms with van der Waals surface area (Å²) >= 11 is 0. The highest BCUT2D eigenvalue weighted by atomic mass is 19.4. The zero-order chi connectivity index (χ0) is 21.6. The highest BCUT2D eigenvalue weighted by Crippen LogP contribution is 2.44. The lowest BCUT2D eigenvalue weighted by molar-refractivity contribution is -0.137. The highest BCUT2D eigenvalue weighted by Gasteiger charge is 2.30. The number of halogens is 3. The van der Waals surface area contributed by atoms with E-state index in [4.69, 9.17) is 0 Å². The molecule has 31 heavy (non-hydrogen) atoms. The predicted octanol–water partition coefficient (Wildman–Crippen LogP) is 8.65. The van der Waals surface area contributed by atoms with Gasteiger partial charge in [0.1, 0.15) is 0 Å². The molecule has 5 rings (SSSR count). The molecule has 0 bridgehead atoms. The van der Waals surface area contributed by atoms with E-state index in [2.05, 4.69) is 43.3 Å². The normalized spacial score (nSPS) is 11.9. The summed E-state index contributed by atoms with van der Waals surface area (Å²) in [4.78, 5) is 0. The van der Waals surface area contributed by atoms with E-state index in [9.17, 15) is 13.2 Å². The summed E-state index contributed by atoms with van der Waals surface area (Å²) in [5, 5.41) is 4.22. The van der Waals surface area contributed by atoms with Gasteiger partial charge in [0.2, 0.25) is 0 Å². The van der Waals surface area contributed by atoms with E-state index in [1.54, 1.807) is 12.1 Å². The van der Waals surface area contributed by atoms with Gasteiger partial charge in [-0.05, 0) is 62.9 Å². The summed E-state index contributed by atoms with van der Waals surface area (Å²) < 4.78 is 39.3. The van der Waals surface area contributed by atoms with Crippen LogP contribution in [-0.2, 0) is 6.18 Å². The Kier molecular flexibility index (Phi) is 4.55. The van der Waals surface area contributed by atoms with Crippen LogP contribution in [0.3, 0.4) is 0 Å². The van der Waals surface area contributed by atoms with Crippen LogP contribution < -0.4 is 0 Å². The van der Waals surface area contributed by atoms with Crippen molar-refractivity contribution in [2.75, 3.05) is 0 Å². The molecule has 0 unspecified atom stereocenters. The minimum atomic E-state index is -4.35. The fourth-order valence-electron chi connectivity index (χ4n) is 4.30. The van der Waals surface area contributed by atoms with Crippen LogP contribution >= 0.6 is 0 Å². The summed E-state index contributed by atoms with van der Waals surface area (Å²) in [5.74, 6) is 0. The molecule has 0 fully saturated rings. The number of benzene rings is 5. The van der Waals surface area contributed by atoms with Crippen molar-refractivity contribution in [1.29, 1.82) is 0 Å². The van der Waals surface area contributed by atoms with Gasteiger partial charge in [0.25, 0.3) is 0 Å². The fraction of sp³-hybridized carbons (Fsp3) is 0.0714. The molecule has 0 saturated carbocycles. The van der Waals surface area contributed by atoms with E-state index in [0.717, 1.165) is 55.9 Å². The summed E-state index contributed by atoms with van der Waals surface area (Å²) in [5.41, 5.74) is 4.55. The van der Waals surface area contributed by atoms with Crippen LogP contribution in [0.4, 0.5) is 13.2 Å². The Morgan fingerprint density at radius 1 is 0.484 bits per heavy atom. The number of fused-ring (bicyclic) bond motifs is 2. The first-order valence-electron chi connectivity index (χ1n) is 10.1. The van der Waals surface area contributed by atoms with Gasteiger partial charge >= 0.3 is 6.18 Å². The van der Waals surface area contributed by atoms with Crippen molar-refractivity contribution < 1.29 is 13.2 Å². The Morgan fingerprint density at radius 2 is 0.839 bits per heavy atom. The predicted molar refractivity (Wildman–Crippen MR) is 122 cm³/mol. The van der Waals surface area contributed by atoms with Crippen LogP contribution in [-0.4, -0.2) is 0 Å². The zero-order valence-electron chi connectivity index (χ0n) is 16.9. The minimum Gasteiger partial charge on any atom is -0.166 e. The van der Waals surface area contributed by atoms with E-state index in [1.165, 1.54) is 5.56 Å². The second kappa shape index (κ2) is 7.28. The van der Waals surface area contributed by atoms with Gasteiger partial charge in [-0.15, -0.1) is 0 Å². The lowest BCUT2D eigenvalue weighted by Gasteiger charge is -2.18. The van der Waals surface area contributed by atoms with Gasteiger partial charge in [-0.3, -0.25) is 0 Å². The van der Waals surface area contributed by atoms with Crippen molar-refractivity contribution in [3.05, 3.63) is 108 Å². The molecule has 0 heterocycles. The maximum atomic E-state index is 13.1. The molecular weight excluding hydrogens is 393 g/mol. The first-order valence-corrected chi connectivity index (χ1v) is 10.1. The van der Waals surface area contributed by atoms with Crippen LogP contribution in [0.1, 0.15) is 11.1 Å². The van der Waals surface area contributed by atoms with Gasteiger partial charge in [-0.1, -0.05) is 90.5 Å². The topological polar surface area (TPSA) is 0 Å². The van der Waals surface area contributed by atoms with Crippen molar-refractivity contribution in [3.8, 4) is 22.3 Å². The molecule has 0 aliphatic carbocycles. The first kappa shape index (κ1) is 19.4. The highest BCUT2D eigenvalue weighted by molar-refractivity contribution is 6.21. The Hall–Kier alpha value is -3.59. The average molecular weight is 412 g/mol. The maximum Gasteiger partial charge on any atom is 0.416 e. The zero-order valence-corrected chi connectivity index (χ0v) is 16.9. The lowest BCUT2D eigenvalue weighted by Crippen LogP contribution is -2.04. The third-order valence-corrected chi connectivity index (χ3v) is 5.77. The summed E-state index contributed by atoms with van der Waals surface area (Å²) in [6.45, 7) is 2.06. The monoisotopic (exact) mass is 412 g/mol. The van der Waals surface area contributed by atoms with Crippen molar-refractivity contribution in [1.82, 2.24) is 0 Å². The third-order valence-electron chi connectivity index (χ3n) is 5.77. The Balaban J connectivity index is 1.87. The van der Waals surface area contributed by atoms with Crippen LogP contribution in [0.25, 0.3) is 43.8 Å². The van der Waals surface area contributed by atoms with Gasteiger partial charge in [-0.2, -0.15) is 13.2 Å². The number of aryl methyl sites for hydroxylation is 1. The van der Waals surface area contributed by atoms with Crippen LogP contribution in [0, 0.1) is 6.92 Å². The lowest BCUT2D eigenvalue weighted by atomic mass is 9.86. The minimum absolute atomic E-state index is 0.638. The number of alkyl halides is 3. The molecule has 0 spiro atoms. The number of hydrogen-bond acceptors (Lipinski definition) is 0. The van der Waals surface area contributed by atoms with E-state index in [1.807, 2.05) is 36.4 Å². The van der Waals surface area contributed by atoms with Crippen LogP contribution in [0.2, 0.25) is 0 Å². The van der Waals surface area contributed by atoms with Gasteiger partial charge < -0.3 is 0 Å². The Morgan fingerprint density at radius 3 is 1.19 bits per heavy atom. The van der Waals surface area contributed by atoms with Crippen LogP contribution in [0.15, 0.2) is 97.1 Å². The SMILES string of the molecule is Cc1ccc(-c2c3ccccc3c(-c3ccc(C(F)(F)F)cc3)c3ccccc23)cc1. The second-order valence-corrected chi connectivity index (χ2v) is 7.78. The van der Waals surface area contributed by atoms with Gasteiger partial charge in [0.05, 0.1) is 5.56 Å². The Labute approximate surface area is 178 Å². The van der Waals surface area contributed by atoms with E-state index in [-0.39, 0.29) is 0 Å². The smallest absolute Gasteiger partial charge is 0.166 e. The molecule has 0 aliphatic heterocycles. The fourth-order valence-corrected chi connectivity index (χ4v) is 4.30. The molecule has 0 radical (unpaired) electrons. The molecule has 0 N–H and O–H groups in total. The van der Waals surface area contributed by atoms with E-state index < -0.39 is 11.7 Å². The van der Waals surface area contributed by atoms with Gasteiger partial charge in [0, 0.05) is 0 Å². The molecule has 3 heteroatoms. The summed E-state index contributed by atoms with van der Waals surface area (Å²) in [6, 6.07) is 30.1. The van der Waals surface area contributed by atoms with Crippen molar-refractivity contribution >= 4 is 21.5 Å². The van der Waals surface area contributed by atoms with Crippen molar-refractivity contribution in [2.45, 2.75) is 13.1 Å². The maximum absolute atomic E-state index is 13.1. The largest absolute Gasteiger partial charge is 0.416 e. The van der Waals surface area contributed by atoms with Crippen molar-refractivity contribution in [2.24, 2.45) is 0 Å². The number of rotatable bonds is 2. The molecule has 0 atom stereocenters. The Bertz CT molecular complexity index is 1340. The van der Waals surface area contributed by atoms with Crippen molar-refractivity contribution in [3.63, 3.8) is 0 Å². The standard InChI is InChI=1S/C28H19F3/c1-18-10-12-19(13-11-18)26-22-6-2-4-8-24(22)27(25-9-5-3-7-23(25)26)20-14-16-21(17-15-20)28(29,30)31/h2-17H,1H3. The first-order chi connectivity index (χ1) is 14.9. The molecule has 0 amide bonds. The molecule has 0 aromatic heterocycles. The average Bonchev–Trinajstić information content (AvgIpc) is 2.78. The van der Waals surface area contributed by atoms with E-state index in [0.29, 0.717) is 0 Å².